The van der Waals surface area contributed by atoms with E-state index < -0.39 is 10.0 Å². The Hall–Kier alpha value is -0.590. The first kappa shape index (κ1) is 17.5. The van der Waals surface area contributed by atoms with Crippen LogP contribution in [0.1, 0.15) is 51.4 Å². The van der Waals surface area contributed by atoms with Gasteiger partial charge in [0.2, 0.25) is 10.0 Å². The van der Waals surface area contributed by atoms with Crippen molar-refractivity contribution in [1.82, 2.24) is 14.5 Å². The SMILES string of the molecule is CCCCCN(C(C)C)S(=O)(=O)c1c(CCl)n[nH]c1C. The molecule has 0 atom stereocenters. The number of nitrogens with zero attached hydrogens (tertiary/aromatic N) is 2. The Bertz CT molecular complexity index is 526. The van der Waals surface area contributed by atoms with Gasteiger partial charge in [0.1, 0.15) is 4.90 Å². The molecule has 0 radical (unpaired) electrons. The molecule has 0 spiro atoms. The minimum atomic E-state index is -3.56. The van der Waals surface area contributed by atoms with Gasteiger partial charge in [-0.15, -0.1) is 11.6 Å². The second-order valence-electron chi connectivity index (χ2n) is 5.17. The molecule has 116 valence electrons. The zero-order valence-electron chi connectivity index (χ0n) is 12.6. The molecule has 1 aromatic rings. The predicted molar refractivity (Wildman–Crippen MR) is 81.4 cm³/mol. The van der Waals surface area contributed by atoms with E-state index in [9.17, 15) is 8.42 Å². The lowest BCUT2D eigenvalue weighted by atomic mass is 10.2. The molecular formula is C13H24ClN3O2S. The van der Waals surface area contributed by atoms with Crippen LogP contribution in [0.4, 0.5) is 0 Å². The molecule has 5 nitrogen and oxygen atoms in total. The number of hydrogen-bond donors (Lipinski definition) is 1. The predicted octanol–water partition coefficient (Wildman–Crippen LogP) is 3.05. The minimum Gasteiger partial charge on any atom is -0.281 e. The monoisotopic (exact) mass is 321 g/mol. The summed E-state index contributed by atoms with van der Waals surface area (Å²) in [6.07, 6.45) is 2.94. The number of aryl methyl sites for hydroxylation is 1. The van der Waals surface area contributed by atoms with Crippen molar-refractivity contribution in [2.24, 2.45) is 0 Å². The number of H-pyrrole nitrogens is 1. The van der Waals surface area contributed by atoms with Crippen molar-refractivity contribution in [1.29, 1.82) is 0 Å². The molecule has 0 saturated carbocycles. The molecule has 0 fully saturated rings. The fraction of sp³-hybridized carbons (Fsp3) is 0.769. The van der Waals surface area contributed by atoms with Crippen LogP contribution in [0.5, 0.6) is 0 Å². The summed E-state index contributed by atoms with van der Waals surface area (Å²) in [7, 11) is -3.56. The summed E-state index contributed by atoms with van der Waals surface area (Å²) < 4.78 is 27.2. The van der Waals surface area contributed by atoms with Crippen molar-refractivity contribution >= 4 is 21.6 Å². The highest BCUT2D eigenvalue weighted by atomic mass is 35.5. The molecule has 0 aliphatic heterocycles. The minimum absolute atomic E-state index is 0.0831. The van der Waals surface area contributed by atoms with Crippen LogP contribution in [0.2, 0.25) is 0 Å². The van der Waals surface area contributed by atoms with Gasteiger partial charge in [0.15, 0.2) is 0 Å². The quantitative estimate of drug-likeness (QED) is 0.591. The lowest BCUT2D eigenvalue weighted by Gasteiger charge is -2.26. The van der Waals surface area contributed by atoms with Crippen LogP contribution < -0.4 is 0 Å². The van der Waals surface area contributed by atoms with Crippen LogP contribution in [0.25, 0.3) is 0 Å². The Labute approximate surface area is 126 Å². The lowest BCUT2D eigenvalue weighted by molar-refractivity contribution is 0.345. The van der Waals surface area contributed by atoms with Gasteiger partial charge >= 0.3 is 0 Å². The van der Waals surface area contributed by atoms with Gasteiger partial charge in [-0.05, 0) is 27.2 Å². The van der Waals surface area contributed by atoms with Gasteiger partial charge in [-0.3, -0.25) is 5.10 Å². The summed E-state index contributed by atoms with van der Waals surface area (Å²) in [6, 6.07) is -0.0886. The molecule has 1 heterocycles. The average molecular weight is 322 g/mol. The van der Waals surface area contributed by atoms with Gasteiger partial charge in [-0.1, -0.05) is 19.8 Å². The topological polar surface area (TPSA) is 66.1 Å². The number of nitrogens with one attached hydrogen (secondary N) is 1. The number of aromatic amines is 1. The lowest BCUT2D eigenvalue weighted by Crippen LogP contribution is -2.38. The van der Waals surface area contributed by atoms with Crippen molar-refractivity contribution in [3.63, 3.8) is 0 Å². The first-order valence-corrected chi connectivity index (χ1v) is 8.95. The molecule has 1 aromatic heterocycles. The van der Waals surface area contributed by atoms with Crippen molar-refractivity contribution in [3.8, 4) is 0 Å². The van der Waals surface area contributed by atoms with Crippen LogP contribution in [0.15, 0.2) is 4.90 Å². The second kappa shape index (κ2) is 7.43. The van der Waals surface area contributed by atoms with Crippen molar-refractivity contribution < 1.29 is 8.42 Å². The summed E-state index contributed by atoms with van der Waals surface area (Å²) in [5.41, 5.74) is 0.937. The molecule has 7 heteroatoms. The van der Waals surface area contributed by atoms with E-state index in [1.807, 2.05) is 13.8 Å². The summed E-state index contributed by atoms with van der Waals surface area (Å²) in [5, 5.41) is 6.69. The van der Waals surface area contributed by atoms with E-state index in [1.165, 1.54) is 4.31 Å². The first-order valence-electron chi connectivity index (χ1n) is 6.97. The second-order valence-corrected chi connectivity index (χ2v) is 7.27. The molecule has 0 bridgehead atoms. The molecular weight excluding hydrogens is 298 g/mol. The maximum atomic E-state index is 12.8. The largest absolute Gasteiger partial charge is 0.281 e. The van der Waals surface area contributed by atoms with E-state index in [4.69, 9.17) is 11.6 Å². The third-order valence-corrected chi connectivity index (χ3v) is 5.75. The van der Waals surface area contributed by atoms with Crippen LogP contribution in [0.3, 0.4) is 0 Å². The number of hydrogen-bond acceptors (Lipinski definition) is 3. The maximum Gasteiger partial charge on any atom is 0.247 e. The molecule has 0 amide bonds. The standard InChI is InChI=1S/C13H24ClN3O2S/c1-5-6-7-8-17(10(2)3)20(18,19)13-11(4)15-16-12(13)9-14/h10H,5-9H2,1-4H3,(H,15,16). The van der Waals surface area contributed by atoms with Gasteiger partial charge in [-0.25, -0.2) is 8.42 Å². The highest BCUT2D eigenvalue weighted by molar-refractivity contribution is 7.89. The molecule has 20 heavy (non-hydrogen) atoms. The van der Waals surface area contributed by atoms with Gasteiger partial charge in [0.25, 0.3) is 0 Å². The van der Waals surface area contributed by atoms with Crippen LogP contribution >= 0.6 is 11.6 Å². The molecule has 0 unspecified atom stereocenters. The van der Waals surface area contributed by atoms with Crippen molar-refractivity contribution in [3.05, 3.63) is 11.4 Å². The summed E-state index contributed by atoms with van der Waals surface area (Å²) in [5.74, 6) is 0.0831. The Morgan fingerprint density at radius 2 is 2.00 bits per heavy atom. The zero-order chi connectivity index (χ0) is 15.3. The summed E-state index contributed by atoms with van der Waals surface area (Å²) >= 11 is 5.80. The number of halogens is 1. The number of rotatable bonds is 8. The van der Waals surface area contributed by atoms with Gasteiger partial charge in [0, 0.05) is 12.6 Å². The Morgan fingerprint density at radius 1 is 1.35 bits per heavy atom. The molecule has 0 aliphatic rings. The molecule has 0 aliphatic carbocycles. The molecule has 1 N–H and O–H groups in total. The number of unbranched alkanes of at least 4 members (excludes halogenated alkanes) is 2. The van der Waals surface area contributed by atoms with Gasteiger partial charge in [-0.2, -0.15) is 9.40 Å². The van der Waals surface area contributed by atoms with Crippen LogP contribution in [0, 0.1) is 6.92 Å². The van der Waals surface area contributed by atoms with Crippen LogP contribution in [-0.4, -0.2) is 35.5 Å². The van der Waals surface area contributed by atoms with Gasteiger partial charge in [0.05, 0.1) is 17.3 Å². The van der Waals surface area contributed by atoms with E-state index >= 15 is 0 Å². The fourth-order valence-corrected chi connectivity index (χ4v) is 4.47. The normalized spacial score (nSPS) is 12.6. The Morgan fingerprint density at radius 3 is 2.50 bits per heavy atom. The van der Waals surface area contributed by atoms with Crippen molar-refractivity contribution in [2.75, 3.05) is 6.54 Å². The van der Waals surface area contributed by atoms with E-state index in [1.54, 1.807) is 6.92 Å². The highest BCUT2D eigenvalue weighted by Crippen LogP contribution is 2.25. The molecule has 0 saturated heterocycles. The maximum absolute atomic E-state index is 12.8. The summed E-state index contributed by atoms with van der Waals surface area (Å²) in [4.78, 5) is 0.234. The van der Waals surface area contributed by atoms with Crippen LogP contribution in [-0.2, 0) is 15.9 Å². The van der Waals surface area contributed by atoms with E-state index in [0.29, 0.717) is 17.9 Å². The number of sulfonamides is 1. The number of alkyl halides is 1. The van der Waals surface area contributed by atoms with E-state index in [-0.39, 0.29) is 16.8 Å². The highest BCUT2D eigenvalue weighted by Gasteiger charge is 2.31. The average Bonchev–Trinajstić information content (AvgIpc) is 2.75. The van der Waals surface area contributed by atoms with E-state index in [2.05, 4.69) is 17.1 Å². The third kappa shape index (κ3) is 3.74. The van der Waals surface area contributed by atoms with E-state index in [0.717, 1.165) is 19.3 Å². The number of aromatic nitrogens is 2. The summed E-state index contributed by atoms with van der Waals surface area (Å²) in [6.45, 7) is 8.11. The first-order chi connectivity index (χ1) is 9.36. The Kier molecular flexibility index (Phi) is 6.48. The van der Waals surface area contributed by atoms with Crippen molar-refractivity contribution in [2.45, 2.75) is 63.8 Å². The Balaban J connectivity index is 3.13. The fourth-order valence-electron chi connectivity index (χ4n) is 2.19. The molecule has 0 aromatic carbocycles. The third-order valence-electron chi connectivity index (χ3n) is 3.21. The molecule has 1 rings (SSSR count). The smallest absolute Gasteiger partial charge is 0.247 e. The zero-order valence-corrected chi connectivity index (χ0v) is 14.2. The van der Waals surface area contributed by atoms with Gasteiger partial charge < -0.3 is 0 Å².